The molecule has 4 rings (SSSR count). The minimum Gasteiger partial charge on any atom is -0.387 e. The standard InChI is InChI=1S/C23H20FN3O/c24-19-9-7-18(8-10-19)22-21(17-12-14-25-15-13-17)23(27-26-22)20(28)11-6-16-4-2-1-3-5-16/h1-5,7-10,12-15,20,28H,6,11H2,(H,26,27). The van der Waals surface area contributed by atoms with Crippen molar-refractivity contribution in [3.8, 4) is 22.4 Å². The maximum atomic E-state index is 13.3. The highest BCUT2D eigenvalue weighted by Crippen LogP contribution is 2.36. The highest BCUT2D eigenvalue weighted by Gasteiger charge is 2.22. The number of halogens is 1. The van der Waals surface area contributed by atoms with Gasteiger partial charge in [0.25, 0.3) is 0 Å². The van der Waals surface area contributed by atoms with E-state index in [4.69, 9.17) is 0 Å². The van der Waals surface area contributed by atoms with Gasteiger partial charge in [-0.3, -0.25) is 10.1 Å². The molecule has 2 heterocycles. The average Bonchev–Trinajstić information content (AvgIpc) is 3.19. The first kappa shape index (κ1) is 18.1. The van der Waals surface area contributed by atoms with Crippen molar-refractivity contribution in [2.45, 2.75) is 18.9 Å². The summed E-state index contributed by atoms with van der Waals surface area (Å²) in [5.41, 5.74) is 5.00. The minimum absolute atomic E-state index is 0.298. The van der Waals surface area contributed by atoms with Crippen LogP contribution in [-0.4, -0.2) is 20.3 Å². The second-order valence-electron chi connectivity index (χ2n) is 6.64. The van der Waals surface area contributed by atoms with E-state index < -0.39 is 6.10 Å². The van der Waals surface area contributed by atoms with E-state index in [1.165, 1.54) is 17.7 Å². The summed E-state index contributed by atoms with van der Waals surface area (Å²) in [4.78, 5) is 4.08. The highest BCUT2D eigenvalue weighted by molar-refractivity contribution is 5.82. The molecule has 0 aliphatic rings. The minimum atomic E-state index is -0.704. The zero-order valence-electron chi connectivity index (χ0n) is 15.2. The lowest BCUT2D eigenvalue weighted by Crippen LogP contribution is -2.02. The molecule has 0 amide bonds. The van der Waals surface area contributed by atoms with Crippen molar-refractivity contribution in [2.75, 3.05) is 0 Å². The monoisotopic (exact) mass is 373 g/mol. The van der Waals surface area contributed by atoms with E-state index in [2.05, 4.69) is 15.2 Å². The van der Waals surface area contributed by atoms with Crippen LogP contribution in [0.25, 0.3) is 22.4 Å². The third-order valence-corrected chi connectivity index (χ3v) is 4.76. The number of nitrogens with one attached hydrogen (secondary N) is 1. The fraction of sp³-hybridized carbons (Fsp3) is 0.130. The Hall–Kier alpha value is -3.31. The third-order valence-electron chi connectivity index (χ3n) is 4.76. The molecule has 0 aliphatic carbocycles. The molecule has 28 heavy (non-hydrogen) atoms. The van der Waals surface area contributed by atoms with E-state index in [9.17, 15) is 9.50 Å². The van der Waals surface area contributed by atoms with Gasteiger partial charge in [-0.15, -0.1) is 0 Å². The number of hydrogen-bond acceptors (Lipinski definition) is 3. The molecule has 4 nitrogen and oxygen atoms in total. The summed E-state index contributed by atoms with van der Waals surface area (Å²) in [6.45, 7) is 0. The molecule has 0 spiro atoms. The molecule has 140 valence electrons. The summed E-state index contributed by atoms with van der Waals surface area (Å²) < 4.78 is 13.3. The molecule has 5 heteroatoms. The molecule has 0 saturated carbocycles. The van der Waals surface area contributed by atoms with Crippen LogP contribution in [0, 0.1) is 5.82 Å². The van der Waals surface area contributed by atoms with Crippen LogP contribution in [0.5, 0.6) is 0 Å². The van der Waals surface area contributed by atoms with Crippen molar-refractivity contribution in [2.24, 2.45) is 0 Å². The number of benzene rings is 2. The number of aromatic amines is 1. The maximum absolute atomic E-state index is 13.3. The van der Waals surface area contributed by atoms with E-state index in [-0.39, 0.29) is 5.82 Å². The van der Waals surface area contributed by atoms with Gasteiger partial charge in [-0.05, 0) is 60.4 Å². The molecule has 4 aromatic rings. The SMILES string of the molecule is OC(CCc1ccccc1)c1[nH]nc(-c2ccc(F)cc2)c1-c1ccncc1. The molecule has 0 bridgehead atoms. The Balaban J connectivity index is 1.69. The largest absolute Gasteiger partial charge is 0.387 e. The van der Waals surface area contributed by atoms with Crippen molar-refractivity contribution >= 4 is 0 Å². The predicted molar refractivity (Wildman–Crippen MR) is 107 cm³/mol. The van der Waals surface area contributed by atoms with Crippen LogP contribution in [0.4, 0.5) is 4.39 Å². The van der Waals surface area contributed by atoms with Gasteiger partial charge >= 0.3 is 0 Å². The van der Waals surface area contributed by atoms with Crippen LogP contribution in [0.15, 0.2) is 79.1 Å². The number of aryl methyl sites for hydroxylation is 1. The summed E-state index contributed by atoms with van der Waals surface area (Å²) in [6, 6.07) is 20.0. The van der Waals surface area contributed by atoms with Crippen molar-refractivity contribution < 1.29 is 9.50 Å². The Morgan fingerprint density at radius 2 is 1.61 bits per heavy atom. The van der Waals surface area contributed by atoms with Gasteiger partial charge in [0, 0.05) is 23.5 Å². The molecular formula is C23H20FN3O. The van der Waals surface area contributed by atoms with E-state index in [0.717, 1.165) is 23.1 Å². The Kier molecular flexibility index (Phi) is 5.26. The van der Waals surface area contributed by atoms with Crippen LogP contribution >= 0.6 is 0 Å². The van der Waals surface area contributed by atoms with Gasteiger partial charge in [-0.1, -0.05) is 30.3 Å². The van der Waals surface area contributed by atoms with Gasteiger partial charge in [0.1, 0.15) is 11.5 Å². The number of nitrogens with zero attached hydrogens (tertiary/aromatic N) is 2. The van der Waals surface area contributed by atoms with Crippen molar-refractivity contribution in [1.82, 2.24) is 15.2 Å². The van der Waals surface area contributed by atoms with Gasteiger partial charge < -0.3 is 5.11 Å². The van der Waals surface area contributed by atoms with Gasteiger partial charge in [0.2, 0.25) is 0 Å². The zero-order chi connectivity index (χ0) is 19.3. The normalized spacial score (nSPS) is 12.1. The summed E-state index contributed by atoms with van der Waals surface area (Å²) in [7, 11) is 0. The first-order valence-electron chi connectivity index (χ1n) is 9.19. The zero-order valence-corrected chi connectivity index (χ0v) is 15.2. The van der Waals surface area contributed by atoms with Gasteiger partial charge in [-0.25, -0.2) is 4.39 Å². The third kappa shape index (κ3) is 3.85. The van der Waals surface area contributed by atoms with Crippen molar-refractivity contribution in [3.63, 3.8) is 0 Å². The molecule has 0 radical (unpaired) electrons. The van der Waals surface area contributed by atoms with E-state index >= 15 is 0 Å². The topological polar surface area (TPSA) is 61.8 Å². The molecule has 2 aromatic carbocycles. The van der Waals surface area contributed by atoms with Crippen molar-refractivity contribution in [1.29, 1.82) is 0 Å². The van der Waals surface area contributed by atoms with E-state index in [1.54, 1.807) is 24.5 Å². The first-order valence-corrected chi connectivity index (χ1v) is 9.19. The number of aliphatic hydroxyl groups excluding tert-OH is 1. The number of hydrogen-bond donors (Lipinski definition) is 2. The quantitative estimate of drug-likeness (QED) is 0.503. The van der Waals surface area contributed by atoms with Crippen LogP contribution < -0.4 is 0 Å². The Bertz CT molecular complexity index is 1030. The summed E-state index contributed by atoms with van der Waals surface area (Å²) in [6.07, 6.45) is 4.02. The second-order valence-corrected chi connectivity index (χ2v) is 6.64. The number of aromatic nitrogens is 3. The molecular weight excluding hydrogens is 353 g/mol. The van der Waals surface area contributed by atoms with Crippen LogP contribution in [0.1, 0.15) is 23.8 Å². The smallest absolute Gasteiger partial charge is 0.123 e. The lowest BCUT2D eigenvalue weighted by atomic mass is 9.95. The van der Waals surface area contributed by atoms with Crippen LogP contribution in [0.3, 0.4) is 0 Å². The number of aliphatic hydroxyl groups is 1. The maximum Gasteiger partial charge on any atom is 0.123 e. The van der Waals surface area contributed by atoms with Crippen LogP contribution in [0.2, 0.25) is 0 Å². The molecule has 1 atom stereocenters. The lowest BCUT2D eigenvalue weighted by molar-refractivity contribution is 0.163. The molecule has 0 fully saturated rings. The second kappa shape index (κ2) is 8.15. The summed E-state index contributed by atoms with van der Waals surface area (Å²) in [5, 5.41) is 18.3. The lowest BCUT2D eigenvalue weighted by Gasteiger charge is -2.12. The predicted octanol–water partition coefficient (Wildman–Crippen LogP) is 4.94. The van der Waals surface area contributed by atoms with Gasteiger partial charge in [0.05, 0.1) is 11.8 Å². The van der Waals surface area contributed by atoms with Gasteiger partial charge in [0.15, 0.2) is 0 Å². The Morgan fingerprint density at radius 3 is 2.32 bits per heavy atom. The van der Waals surface area contributed by atoms with Crippen LogP contribution in [-0.2, 0) is 6.42 Å². The molecule has 0 saturated heterocycles. The molecule has 1 unspecified atom stereocenters. The fourth-order valence-electron chi connectivity index (χ4n) is 3.32. The molecule has 2 N–H and O–H groups in total. The Labute approximate surface area is 162 Å². The summed E-state index contributed by atoms with van der Waals surface area (Å²) in [5.74, 6) is -0.298. The molecule has 2 aromatic heterocycles. The molecule has 0 aliphatic heterocycles. The van der Waals surface area contributed by atoms with E-state index in [1.807, 2.05) is 42.5 Å². The van der Waals surface area contributed by atoms with Crippen molar-refractivity contribution in [3.05, 3.63) is 96.2 Å². The average molecular weight is 373 g/mol. The Morgan fingerprint density at radius 1 is 0.893 bits per heavy atom. The van der Waals surface area contributed by atoms with Gasteiger partial charge in [-0.2, -0.15) is 5.10 Å². The number of H-pyrrole nitrogens is 1. The summed E-state index contributed by atoms with van der Waals surface area (Å²) >= 11 is 0. The van der Waals surface area contributed by atoms with E-state index in [0.29, 0.717) is 17.8 Å². The number of rotatable bonds is 6. The first-order chi connectivity index (χ1) is 13.7. The number of pyridine rings is 1. The highest BCUT2D eigenvalue weighted by atomic mass is 19.1. The fourth-order valence-corrected chi connectivity index (χ4v) is 3.32.